The Morgan fingerprint density at radius 1 is 1.22 bits per heavy atom. The largest absolute Gasteiger partial charge is 0.497 e. The number of rotatable bonds is 4. The van der Waals surface area contributed by atoms with Crippen LogP contribution in [-0.4, -0.2) is 7.11 Å². The number of halogens is 1. The molecule has 2 rings (SSSR count). The number of nitrogen functional groups attached to an aromatic ring is 1. The zero-order valence-corrected chi connectivity index (χ0v) is 11.6. The SMILES string of the molecule is COc1cccc(SCc2c(N)cccc2Cl)c1. The molecule has 0 fully saturated rings. The van der Waals surface area contributed by atoms with Gasteiger partial charge >= 0.3 is 0 Å². The minimum absolute atomic E-state index is 0.713. The summed E-state index contributed by atoms with van der Waals surface area (Å²) in [5, 5.41) is 0.713. The number of thioether (sulfide) groups is 1. The van der Waals surface area contributed by atoms with E-state index in [2.05, 4.69) is 0 Å². The molecule has 18 heavy (non-hydrogen) atoms. The van der Waals surface area contributed by atoms with E-state index < -0.39 is 0 Å². The molecule has 4 heteroatoms. The van der Waals surface area contributed by atoms with E-state index in [1.807, 2.05) is 42.5 Å². The van der Waals surface area contributed by atoms with E-state index in [4.69, 9.17) is 22.1 Å². The highest BCUT2D eigenvalue weighted by molar-refractivity contribution is 7.98. The molecule has 0 spiro atoms. The third-order valence-electron chi connectivity index (χ3n) is 2.58. The van der Waals surface area contributed by atoms with Gasteiger partial charge in [0.15, 0.2) is 0 Å². The number of hydrogen-bond donors (Lipinski definition) is 1. The maximum atomic E-state index is 6.14. The van der Waals surface area contributed by atoms with Crippen molar-refractivity contribution in [2.75, 3.05) is 12.8 Å². The molecule has 0 aromatic heterocycles. The second-order valence-electron chi connectivity index (χ2n) is 3.78. The van der Waals surface area contributed by atoms with Crippen molar-refractivity contribution >= 4 is 29.1 Å². The van der Waals surface area contributed by atoms with Crippen LogP contribution in [0.2, 0.25) is 5.02 Å². The molecule has 0 aliphatic rings. The van der Waals surface area contributed by atoms with Crippen LogP contribution in [0.5, 0.6) is 5.75 Å². The van der Waals surface area contributed by atoms with Crippen LogP contribution < -0.4 is 10.5 Å². The molecule has 0 aliphatic carbocycles. The topological polar surface area (TPSA) is 35.2 Å². The fourth-order valence-corrected chi connectivity index (χ4v) is 2.91. The summed E-state index contributed by atoms with van der Waals surface area (Å²) in [4.78, 5) is 1.13. The summed E-state index contributed by atoms with van der Waals surface area (Å²) in [6, 6.07) is 13.5. The molecule has 0 aliphatic heterocycles. The number of anilines is 1. The van der Waals surface area contributed by atoms with Crippen LogP contribution in [0.1, 0.15) is 5.56 Å². The smallest absolute Gasteiger partial charge is 0.119 e. The van der Waals surface area contributed by atoms with Gasteiger partial charge in [-0.15, -0.1) is 11.8 Å². The molecule has 0 heterocycles. The fraction of sp³-hybridized carbons (Fsp3) is 0.143. The summed E-state index contributed by atoms with van der Waals surface area (Å²) in [6.07, 6.45) is 0. The molecule has 2 N–H and O–H groups in total. The Morgan fingerprint density at radius 3 is 2.72 bits per heavy atom. The highest BCUT2D eigenvalue weighted by atomic mass is 35.5. The standard InChI is InChI=1S/C14H14ClNOS/c1-17-10-4-2-5-11(8-10)18-9-12-13(15)6-3-7-14(12)16/h2-8H,9,16H2,1H3. The van der Waals surface area contributed by atoms with Crippen LogP contribution in [0.15, 0.2) is 47.4 Å². The Bertz CT molecular complexity index is 525. The number of benzene rings is 2. The van der Waals surface area contributed by atoms with E-state index in [-0.39, 0.29) is 0 Å². The minimum atomic E-state index is 0.713. The Balaban J connectivity index is 2.11. The van der Waals surface area contributed by atoms with Crippen LogP contribution in [0.25, 0.3) is 0 Å². The van der Waals surface area contributed by atoms with Gasteiger partial charge in [0.1, 0.15) is 5.75 Å². The zero-order valence-electron chi connectivity index (χ0n) is 10.0. The molecule has 0 amide bonds. The predicted molar refractivity (Wildman–Crippen MR) is 78.4 cm³/mol. The van der Waals surface area contributed by atoms with Gasteiger partial charge in [0.25, 0.3) is 0 Å². The lowest BCUT2D eigenvalue weighted by molar-refractivity contribution is 0.413. The molecule has 0 unspecified atom stereocenters. The lowest BCUT2D eigenvalue weighted by Crippen LogP contribution is -1.93. The van der Waals surface area contributed by atoms with Crippen LogP contribution in [0, 0.1) is 0 Å². The number of hydrogen-bond acceptors (Lipinski definition) is 3. The van der Waals surface area contributed by atoms with Gasteiger partial charge in [-0.2, -0.15) is 0 Å². The summed E-state index contributed by atoms with van der Waals surface area (Å²) in [5.74, 6) is 1.60. The lowest BCUT2D eigenvalue weighted by atomic mass is 10.2. The maximum absolute atomic E-state index is 6.14. The van der Waals surface area contributed by atoms with E-state index in [0.717, 1.165) is 27.6 Å². The first-order chi connectivity index (χ1) is 8.70. The average molecular weight is 280 g/mol. The van der Waals surface area contributed by atoms with E-state index >= 15 is 0 Å². The molecule has 0 bridgehead atoms. The van der Waals surface area contributed by atoms with Crippen LogP contribution >= 0.6 is 23.4 Å². The highest BCUT2D eigenvalue weighted by Crippen LogP contribution is 2.31. The fourth-order valence-electron chi connectivity index (χ4n) is 1.57. The first-order valence-electron chi connectivity index (χ1n) is 5.50. The quantitative estimate of drug-likeness (QED) is 0.672. The monoisotopic (exact) mass is 279 g/mol. The Morgan fingerprint density at radius 2 is 2.00 bits per heavy atom. The van der Waals surface area contributed by atoms with Crippen molar-refractivity contribution in [3.63, 3.8) is 0 Å². The molecule has 0 atom stereocenters. The van der Waals surface area contributed by atoms with Crippen LogP contribution in [-0.2, 0) is 5.75 Å². The minimum Gasteiger partial charge on any atom is -0.497 e. The summed E-state index contributed by atoms with van der Waals surface area (Å²) >= 11 is 7.82. The van der Waals surface area contributed by atoms with Gasteiger partial charge in [-0.05, 0) is 30.3 Å². The van der Waals surface area contributed by atoms with E-state index in [1.54, 1.807) is 18.9 Å². The van der Waals surface area contributed by atoms with Gasteiger partial charge in [-0.1, -0.05) is 23.7 Å². The summed E-state index contributed by atoms with van der Waals surface area (Å²) < 4.78 is 5.19. The first-order valence-corrected chi connectivity index (χ1v) is 6.87. The second kappa shape index (κ2) is 6.03. The second-order valence-corrected chi connectivity index (χ2v) is 5.23. The molecule has 0 radical (unpaired) electrons. The highest BCUT2D eigenvalue weighted by Gasteiger charge is 2.05. The third kappa shape index (κ3) is 3.12. The molecule has 0 saturated carbocycles. The van der Waals surface area contributed by atoms with E-state index in [1.165, 1.54) is 0 Å². The van der Waals surface area contributed by atoms with Crippen molar-refractivity contribution < 1.29 is 4.74 Å². The van der Waals surface area contributed by atoms with Gasteiger partial charge in [-0.3, -0.25) is 0 Å². The summed E-state index contributed by atoms with van der Waals surface area (Å²) in [5.41, 5.74) is 7.63. The molecule has 2 nitrogen and oxygen atoms in total. The van der Waals surface area contributed by atoms with Gasteiger partial charge in [0.2, 0.25) is 0 Å². The van der Waals surface area contributed by atoms with Gasteiger partial charge in [0.05, 0.1) is 7.11 Å². The molecule has 94 valence electrons. The van der Waals surface area contributed by atoms with E-state index in [9.17, 15) is 0 Å². The molecule has 0 saturated heterocycles. The third-order valence-corrected chi connectivity index (χ3v) is 3.95. The lowest BCUT2D eigenvalue weighted by Gasteiger charge is -2.08. The van der Waals surface area contributed by atoms with Crippen molar-refractivity contribution in [1.82, 2.24) is 0 Å². The van der Waals surface area contributed by atoms with E-state index in [0.29, 0.717) is 5.02 Å². The first kappa shape index (κ1) is 13.1. The predicted octanol–water partition coefficient (Wildman–Crippen LogP) is 4.22. The van der Waals surface area contributed by atoms with Crippen LogP contribution in [0.4, 0.5) is 5.69 Å². The molecular formula is C14H14ClNOS. The van der Waals surface area contributed by atoms with Gasteiger partial charge < -0.3 is 10.5 Å². The zero-order chi connectivity index (χ0) is 13.0. The van der Waals surface area contributed by atoms with Crippen molar-refractivity contribution in [1.29, 1.82) is 0 Å². The molecular weight excluding hydrogens is 266 g/mol. The van der Waals surface area contributed by atoms with Crippen molar-refractivity contribution in [3.8, 4) is 5.75 Å². The van der Waals surface area contributed by atoms with Crippen LogP contribution in [0.3, 0.4) is 0 Å². The molecule has 2 aromatic carbocycles. The van der Waals surface area contributed by atoms with Crippen molar-refractivity contribution in [3.05, 3.63) is 53.1 Å². The van der Waals surface area contributed by atoms with Crippen molar-refractivity contribution in [2.45, 2.75) is 10.6 Å². The Labute approximate surface area is 116 Å². The Kier molecular flexibility index (Phi) is 4.39. The molecule has 2 aromatic rings. The maximum Gasteiger partial charge on any atom is 0.119 e. The summed E-state index contributed by atoms with van der Waals surface area (Å²) in [6.45, 7) is 0. The summed E-state index contributed by atoms with van der Waals surface area (Å²) in [7, 11) is 1.66. The number of nitrogens with two attached hydrogens (primary N) is 1. The average Bonchev–Trinajstić information content (AvgIpc) is 2.38. The van der Waals surface area contributed by atoms with Gasteiger partial charge in [0, 0.05) is 26.9 Å². The number of methoxy groups -OCH3 is 1. The number of ether oxygens (including phenoxy) is 1. The Hall–Kier alpha value is -1.32. The van der Waals surface area contributed by atoms with Gasteiger partial charge in [-0.25, -0.2) is 0 Å². The normalized spacial score (nSPS) is 10.3. The van der Waals surface area contributed by atoms with Crippen molar-refractivity contribution in [2.24, 2.45) is 0 Å².